The van der Waals surface area contributed by atoms with Crippen molar-refractivity contribution in [2.45, 2.75) is 13.3 Å². The minimum absolute atomic E-state index is 0.0826. The third-order valence-corrected chi connectivity index (χ3v) is 4.28. The summed E-state index contributed by atoms with van der Waals surface area (Å²) in [5.74, 6) is 0.534. The highest BCUT2D eigenvalue weighted by Gasteiger charge is 2.11. The Morgan fingerprint density at radius 3 is 2.73 bits per heavy atom. The molecule has 3 heterocycles. The molecule has 7 nitrogen and oxygen atoms in total. The summed E-state index contributed by atoms with van der Waals surface area (Å²) < 4.78 is 3.55. The predicted molar refractivity (Wildman–Crippen MR) is 98.7 cm³/mol. The van der Waals surface area contributed by atoms with Crippen molar-refractivity contribution in [3.63, 3.8) is 0 Å². The van der Waals surface area contributed by atoms with Crippen LogP contribution in [0.3, 0.4) is 0 Å². The molecule has 0 spiro atoms. The van der Waals surface area contributed by atoms with Gasteiger partial charge in [-0.3, -0.25) is 18.9 Å². The number of hydrogen-bond acceptors (Lipinski definition) is 4. The van der Waals surface area contributed by atoms with Crippen molar-refractivity contribution >= 4 is 17.4 Å². The smallest absolute Gasteiger partial charge is 0.229 e. The minimum atomic E-state index is -0.0826. The third-order valence-electron chi connectivity index (χ3n) is 4.28. The molecule has 26 heavy (non-hydrogen) atoms. The van der Waals surface area contributed by atoms with E-state index in [1.165, 1.54) is 0 Å². The summed E-state index contributed by atoms with van der Waals surface area (Å²) in [7, 11) is 1.86. The van der Waals surface area contributed by atoms with E-state index in [9.17, 15) is 4.79 Å². The Bertz CT molecular complexity index is 1090. The maximum atomic E-state index is 12.5. The monoisotopic (exact) mass is 346 g/mol. The molecule has 0 fully saturated rings. The molecule has 4 rings (SSSR count). The number of anilines is 1. The molecular weight excluding hydrogens is 328 g/mol. The maximum absolute atomic E-state index is 12.5. The molecule has 0 bridgehead atoms. The molecule has 1 N–H and O–H groups in total. The van der Waals surface area contributed by atoms with E-state index in [2.05, 4.69) is 20.4 Å². The first-order chi connectivity index (χ1) is 12.6. The van der Waals surface area contributed by atoms with Gasteiger partial charge in [-0.05, 0) is 18.1 Å². The topological polar surface area (TPSA) is 77.1 Å². The number of carbonyl (C=O) groups is 1. The number of aromatic nitrogens is 5. The number of carbonyl (C=O) groups excluding carboxylic acids is 1. The zero-order valence-corrected chi connectivity index (χ0v) is 14.5. The molecule has 1 amide bonds. The lowest BCUT2D eigenvalue weighted by atomic mass is 10.1. The van der Waals surface area contributed by atoms with Crippen LogP contribution in [0.2, 0.25) is 0 Å². The van der Waals surface area contributed by atoms with Crippen LogP contribution in [0, 0.1) is 6.92 Å². The van der Waals surface area contributed by atoms with Gasteiger partial charge in [0.1, 0.15) is 5.82 Å². The number of benzene rings is 1. The summed E-state index contributed by atoms with van der Waals surface area (Å²) in [5, 5.41) is 7.11. The normalized spacial score (nSPS) is 11.0. The van der Waals surface area contributed by atoms with Crippen LogP contribution in [-0.2, 0) is 18.3 Å². The lowest BCUT2D eigenvalue weighted by Crippen LogP contribution is -2.16. The second-order valence-electron chi connectivity index (χ2n) is 6.20. The highest BCUT2D eigenvalue weighted by atomic mass is 16.1. The molecule has 0 saturated carbocycles. The van der Waals surface area contributed by atoms with Gasteiger partial charge in [-0.15, -0.1) is 0 Å². The van der Waals surface area contributed by atoms with Gasteiger partial charge in [-0.1, -0.05) is 24.3 Å². The Morgan fingerprint density at radius 2 is 1.96 bits per heavy atom. The van der Waals surface area contributed by atoms with E-state index in [0.717, 1.165) is 22.4 Å². The first-order valence-corrected chi connectivity index (χ1v) is 8.26. The molecule has 3 aromatic heterocycles. The molecule has 0 atom stereocenters. The van der Waals surface area contributed by atoms with Gasteiger partial charge in [0.15, 0.2) is 5.65 Å². The molecule has 1 aromatic carbocycles. The van der Waals surface area contributed by atoms with Crippen LogP contribution >= 0.6 is 0 Å². The average Bonchev–Trinajstić information content (AvgIpc) is 3.23. The summed E-state index contributed by atoms with van der Waals surface area (Å²) in [5.41, 5.74) is 4.45. The second kappa shape index (κ2) is 6.44. The van der Waals surface area contributed by atoms with E-state index in [1.54, 1.807) is 23.3 Å². The summed E-state index contributed by atoms with van der Waals surface area (Å²) in [6.07, 6.45) is 9.13. The van der Waals surface area contributed by atoms with E-state index in [4.69, 9.17) is 0 Å². The number of amides is 1. The van der Waals surface area contributed by atoms with E-state index in [0.29, 0.717) is 17.9 Å². The SMILES string of the molecule is Cc1ccccc1CC(=O)Nc1cnc2cnc(-c3cnn(C)c3)cn12. The zero-order chi connectivity index (χ0) is 18.1. The van der Waals surface area contributed by atoms with E-state index in [1.807, 2.05) is 55.0 Å². The zero-order valence-electron chi connectivity index (χ0n) is 14.5. The summed E-state index contributed by atoms with van der Waals surface area (Å²) in [6, 6.07) is 7.88. The van der Waals surface area contributed by atoms with Crippen molar-refractivity contribution in [3.05, 3.63) is 66.4 Å². The van der Waals surface area contributed by atoms with E-state index in [-0.39, 0.29) is 5.91 Å². The highest BCUT2D eigenvalue weighted by molar-refractivity contribution is 5.92. The van der Waals surface area contributed by atoms with Gasteiger partial charge in [-0.25, -0.2) is 4.98 Å². The molecule has 0 unspecified atom stereocenters. The number of fused-ring (bicyclic) bond motifs is 1. The van der Waals surface area contributed by atoms with Crippen LogP contribution in [0.15, 0.2) is 55.2 Å². The fourth-order valence-corrected chi connectivity index (χ4v) is 2.85. The van der Waals surface area contributed by atoms with Crippen molar-refractivity contribution < 1.29 is 4.79 Å². The minimum Gasteiger partial charge on any atom is -0.310 e. The predicted octanol–water partition coefficient (Wildman–Crippen LogP) is 2.62. The first-order valence-electron chi connectivity index (χ1n) is 8.26. The van der Waals surface area contributed by atoms with Crippen LogP contribution in [0.4, 0.5) is 5.82 Å². The molecule has 0 aliphatic carbocycles. The van der Waals surface area contributed by atoms with Crippen LogP contribution in [-0.4, -0.2) is 30.1 Å². The molecule has 4 aromatic rings. The van der Waals surface area contributed by atoms with Gasteiger partial charge >= 0.3 is 0 Å². The van der Waals surface area contributed by atoms with Gasteiger partial charge in [-0.2, -0.15) is 5.10 Å². The number of nitrogens with zero attached hydrogens (tertiary/aromatic N) is 5. The standard InChI is InChI=1S/C19H18N6O/c1-13-5-3-4-6-14(13)7-19(26)23-18-10-21-17-9-20-16(12-25(17)18)15-8-22-24(2)11-15/h3-6,8-12H,7H2,1-2H3,(H,23,26). The molecular formula is C19H18N6O. The molecule has 0 aliphatic heterocycles. The second-order valence-corrected chi connectivity index (χ2v) is 6.20. The molecule has 0 radical (unpaired) electrons. The van der Waals surface area contributed by atoms with E-state index >= 15 is 0 Å². The number of hydrogen-bond donors (Lipinski definition) is 1. The van der Waals surface area contributed by atoms with Crippen molar-refractivity contribution in [1.29, 1.82) is 0 Å². The fourth-order valence-electron chi connectivity index (χ4n) is 2.85. The summed E-state index contributed by atoms with van der Waals surface area (Å²) in [6.45, 7) is 2.00. The molecule has 0 saturated heterocycles. The quantitative estimate of drug-likeness (QED) is 0.616. The number of rotatable bonds is 4. The van der Waals surface area contributed by atoms with Gasteiger partial charge in [0.05, 0.1) is 30.7 Å². The third kappa shape index (κ3) is 3.06. The highest BCUT2D eigenvalue weighted by Crippen LogP contribution is 2.19. The Balaban J connectivity index is 1.60. The Hall–Kier alpha value is -3.48. The lowest BCUT2D eigenvalue weighted by Gasteiger charge is -2.07. The van der Waals surface area contributed by atoms with Crippen molar-refractivity contribution in [1.82, 2.24) is 24.1 Å². The van der Waals surface area contributed by atoms with Gasteiger partial charge in [0.2, 0.25) is 5.91 Å². The number of imidazole rings is 1. The number of aryl methyl sites for hydroxylation is 2. The summed E-state index contributed by atoms with van der Waals surface area (Å²) >= 11 is 0. The maximum Gasteiger partial charge on any atom is 0.229 e. The van der Waals surface area contributed by atoms with Crippen LogP contribution in [0.25, 0.3) is 16.9 Å². The van der Waals surface area contributed by atoms with E-state index < -0.39 is 0 Å². The molecule has 130 valence electrons. The Morgan fingerprint density at radius 1 is 1.12 bits per heavy atom. The molecule has 0 aliphatic rings. The largest absolute Gasteiger partial charge is 0.310 e. The Labute approximate surface area is 150 Å². The fraction of sp³-hybridized carbons (Fsp3) is 0.158. The van der Waals surface area contributed by atoms with Gasteiger partial charge in [0, 0.05) is 25.0 Å². The van der Waals surface area contributed by atoms with Gasteiger partial charge in [0.25, 0.3) is 0 Å². The average molecular weight is 346 g/mol. The van der Waals surface area contributed by atoms with Crippen molar-refractivity contribution in [2.75, 3.05) is 5.32 Å². The first kappa shape index (κ1) is 16.0. The van der Waals surface area contributed by atoms with Crippen LogP contribution < -0.4 is 5.32 Å². The number of nitrogens with one attached hydrogen (secondary N) is 1. The van der Waals surface area contributed by atoms with Crippen LogP contribution in [0.5, 0.6) is 0 Å². The van der Waals surface area contributed by atoms with Gasteiger partial charge < -0.3 is 5.32 Å². The van der Waals surface area contributed by atoms with Crippen LogP contribution in [0.1, 0.15) is 11.1 Å². The van der Waals surface area contributed by atoms with Crippen molar-refractivity contribution in [3.8, 4) is 11.3 Å². The molecule has 7 heteroatoms. The Kier molecular flexibility index (Phi) is 3.96. The summed E-state index contributed by atoms with van der Waals surface area (Å²) in [4.78, 5) is 21.2. The lowest BCUT2D eigenvalue weighted by molar-refractivity contribution is -0.115. The van der Waals surface area contributed by atoms with Crippen molar-refractivity contribution in [2.24, 2.45) is 7.05 Å².